The number of fused-ring (bicyclic) bond motifs is 5. The first-order valence-electron chi connectivity index (χ1n) is 15.1. The summed E-state index contributed by atoms with van der Waals surface area (Å²) in [6.45, 7) is 9.19. The van der Waals surface area contributed by atoms with Crippen LogP contribution in [0.2, 0.25) is 0 Å². The first-order valence-corrected chi connectivity index (χ1v) is 15.1. The number of rotatable bonds is 5. The average molecular weight is 514 g/mol. The van der Waals surface area contributed by atoms with E-state index in [0.29, 0.717) is 24.4 Å². The third-order valence-electron chi connectivity index (χ3n) is 12.2. The summed E-state index contributed by atoms with van der Waals surface area (Å²) in [7, 11) is 0. The maximum Gasteiger partial charge on any atom is 0.331 e. The number of hydrogen-bond donors (Lipinski definition) is 3. The van der Waals surface area contributed by atoms with E-state index in [2.05, 4.69) is 29.4 Å². The predicted octanol–water partition coefficient (Wildman–Crippen LogP) is 4.01. The second-order valence-corrected chi connectivity index (χ2v) is 13.7. The molecule has 0 aromatic heterocycles. The van der Waals surface area contributed by atoms with Gasteiger partial charge in [0, 0.05) is 30.6 Å². The van der Waals surface area contributed by atoms with Gasteiger partial charge in [0.25, 0.3) is 0 Å². The molecule has 8 atom stereocenters. The number of carbonyl (C=O) groups excluding carboxylic acids is 2. The SMILES string of the molecule is C[C@]12CC[C@H](NC(=O)NCCN3CCCC3)C[C@H]1CC[C@@H]1[C@@H]2CC[C@]2(C)[C@@H](C3=CC(=O)OC3)CC[C@]12O. The second kappa shape index (κ2) is 9.55. The van der Waals surface area contributed by atoms with E-state index < -0.39 is 5.60 Å². The molecule has 4 saturated carbocycles. The maximum atomic E-state index is 12.6. The molecular weight excluding hydrogens is 466 g/mol. The Morgan fingerprint density at radius 3 is 2.65 bits per heavy atom. The summed E-state index contributed by atoms with van der Waals surface area (Å²) in [5.74, 6) is 1.50. The summed E-state index contributed by atoms with van der Waals surface area (Å²) in [6.07, 6.45) is 13.7. The van der Waals surface area contributed by atoms with Gasteiger partial charge in [0.1, 0.15) is 6.61 Å². The maximum absolute atomic E-state index is 12.6. The number of esters is 1. The van der Waals surface area contributed by atoms with Gasteiger partial charge in [0.2, 0.25) is 0 Å². The highest BCUT2D eigenvalue weighted by atomic mass is 16.5. The zero-order valence-corrected chi connectivity index (χ0v) is 22.9. The van der Waals surface area contributed by atoms with E-state index in [-0.39, 0.29) is 34.8 Å². The molecule has 0 radical (unpaired) electrons. The highest BCUT2D eigenvalue weighted by molar-refractivity contribution is 5.85. The van der Waals surface area contributed by atoms with Crippen molar-refractivity contribution in [1.82, 2.24) is 15.5 Å². The van der Waals surface area contributed by atoms with Gasteiger partial charge in [-0.05, 0) is 118 Å². The Kier molecular flexibility index (Phi) is 6.62. The van der Waals surface area contributed by atoms with Crippen LogP contribution in [0.3, 0.4) is 0 Å². The van der Waals surface area contributed by atoms with Crippen molar-refractivity contribution in [2.45, 2.75) is 96.1 Å². The lowest BCUT2D eigenvalue weighted by atomic mass is 9.43. The van der Waals surface area contributed by atoms with Crippen LogP contribution in [0.1, 0.15) is 84.5 Å². The summed E-state index contributed by atoms with van der Waals surface area (Å²) in [4.78, 5) is 26.8. The van der Waals surface area contributed by atoms with Crippen molar-refractivity contribution in [3.05, 3.63) is 11.6 Å². The molecule has 7 heteroatoms. The molecule has 2 heterocycles. The van der Waals surface area contributed by atoms with Crippen molar-refractivity contribution in [3.8, 4) is 0 Å². The van der Waals surface area contributed by atoms with Gasteiger partial charge in [0.05, 0.1) is 5.60 Å². The number of ether oxygens (including phenoxy) is 1. The smallest absolute Gasteiger partial charge is 0.331 e. The van der Waals surface area contributed by atoms with Gasteiger partial charge >= 0.3 is 12.0 Å². The van der Waals surface area contributed by atoms with E-state index in [0.717, 1.165) is 89.5 Å². The van der Waals surface area contributed by atoms with E-state index >= 15 is 0 Å². The zero-order chi connectivity index (χ0) is 25.8. The summed E-state index contributed by atoms with van der Waals surface area (Å²) in [6, 6.07) is 0.242. The number of carbonyl (C=O) groups is 2. The number of likely N-dealkylation sites (tertiary alicyclic amines) is 1. The van der Waals surface area contributed by atoms with Crippen molar-refractivity contribution in [1.29, 1.82) is 0 Å². The number of nitrogens with one attached hydrogen (secondary N) is 2. The number of amides is 2. The molecule has 2 aliphatic heterocycles. The van der Waals surface area contributed by atoms with Crippen molar-refractivity contribution < 1.29 is 19.4 Å². The van der Waals surface area contributed by atoms with Gasteiger partial charge in [-0.1, -0.05) is 13.8 Å². The van der Waals surface area contributed by atoms with Crippen molar-refractivity contribution in [2.75, 3.05) is 32.8 Å². The third-order valence-corrected chi connectivity index (χ3v) is 12.2. The van der Waals surface area contributed by atoms with Crippen LogP contribution < -0.4 is 10.6 Å². The molecule has 5 fully saturated rings. The molecule has 206 valence electrons. The van der Waals surface area contributed by atoms with Crippen LogP contribution in [-0.2, 0) is 9.53 Å². The minimum Gasteiger partial charge on any atom is -0.458 e. The lowest BCUT2D eigenvalue weighted by Crippen LogP contribution is -2.63. The molecule has 7 nitrogen and oxygen atoms in total. The molecule has 6 aliphatic rings. The largest absolute Gasteiger partial charge is 0.458 e. The van der Waals surface area contributed by atoms with Gasteiger partial charge < -0.3 is 25.4 Å². The molecule has 0 bridgehead atoms. The molecule has 0 aromatic rings. The standard InChI is InChI=1S/C30H47N3O4/c1-28-10-7-22(32-27(35)31-13-16-33-14-3-4-15-33)18-21(28)5-6-25-24(28)8-11-29(2)23(9-12-30(25,29)36)20-17-26(34)37-19-20/h17,21-25,36H,3-16,18-19H2,1-2H3,(H2,31,32,35)/t21-,22+,23-,24+,25-,28+,29-,30+/m1/s1. The molecule has 6 rings (SSSR count). The van der Waals surface area contributed by atoms with Crippen LogP contribution >= 0.6 is 0 Å². The highest BCUT2D eigenvalue weighted by Gasteiger charge is 2.67. The number of urea groups is 1. The van der Waals surface area contributed by atoms with Crippen molar-refractivity contribution >= 4 is 12.0 Å². The summed E-state index contributed by atoms with van der Waals surface area (Å²) in [5.41, 5.74) is 0.495. The first kappa shape index (κ1) is 25.7. The molecule has 0 aromatic carbocycles. The highest BCUT2D eigenvalue weighted by Crippen LogP contribution is 2.69. The lowest BCUT2D eigenvalue weighted by Gasteiger charge is -2.63. The predicted molar refractivity (Wildman–Crippen MR) is 142 cm³/mol. The van der Waals surface area contributed by atoms with Crippen LogP contribution in [0.15, 0.2) is 11.6 Å². The molecule has 3 N–H and O–H groups in total. The lowest BCUT2D eigenvalue weighted by molar-refractivity contribution is -0.204. The Balaban J connectivity index is 1.08. The molecule has 0 spiro atoms. The summed E-state index contributed by atoms with van der Waals surface area (Å²) < 4.78 is 5.26. The fourth-order valence-corrected chi connectivity index (χ4v) is 10.1. The summed E-state index contributed by atoms with van der Waals surface area (Å²) in [5, 5.41) is 18.8. The van der Waals surface area contributed by atoms with Crippen LogP contribution in [0.25, 0.3) is 0 Å². The number of hydrogen-bond acceptors (Lipinski definition) is 5. The average Bonchev–Trinajstić information content (AvgIpc) is 3.59. The van der Waals surface area contributed by atoms with E-state index in [9.17, 15) is 14.7 Å². The van der Waals surface area contributed by atoms with E-state index in [1.54, 1.807) is 6.08 Å². The van der Waals surface area contributed by atoms with Gasteiger partial charge in [-0.3, -0.25) is 0 Å². The molecular formula is C30H47N3O4. The number of cyclic esters (lactones) is 1. The molecule has 2 amide bonds. The first-order chi connectivity index (χ1) is 17.7. The van der Waals surface area contributed by atoms with Crippen LogP contribution in [0.4, 0.5) is 4.79 Å². The number of aliphatic hydroxyl groups is 1. The number of nitrogens with zero attached hydrogens (tertiary/aromatic N) is 1. The molecule has 1 saturated heterocycles. The molecule has 0 unspecified atom stereocenters. The second-order valence-electron chi connectivity index (χ2n) is 13.7. The van der Waals surface area contributed by atoms with E-state index in [1.165, 1.54) is 12.8 Å². The fraction of sp³-hybridized carbons (Fsp3) is 0.867. The van der Waals surface area contributed by atoms with Crippen molar-refractivity contribution in [2.24, 2.45) is 34.5 Å². The minimum atomic E-state index is -0.661. The van der Waals surface area contributed by atoms with Crippen molar-refractivity contribution in [3.63, 3.8) is 0 Å². The van der Waals surface area contributed by atoms with Gasteiger partial charge in [0.15, 0.2) is 0 Å². The molecule has 4 aliphatic carbocycles. The quantitative estimate of drug-likeness (QED) is 0.484. The summed E-state index contributed by atoms with van der Waals surface area (Å²) >= 11 is 0. The molecule has 37 heavy (non-hydrogen) atoms. The Bertz CT molecular complexity index is 947. The van der Waals surface area contributed by atoms with Gasteiger partial charge in [-0.15, -0.1) is 0 Å². The van der Waals surface area contributed by atoms with Crippen LogP contribution in [0, 0.1) is 34.5 Å². The minimum absolute atomic E-state index is 0.00935. The Morgan fingerprint density at radius 2 is 1.89 bits per heavy atom. The monoisotopic (exact) mass is 513 g/mol. The topological polar surface area (TPSA) is 90.9 Å². The normalized spacial score (nSPS) is 45.4. The Morgan fingerprint density at radius 1 is 1.08 bits per heavy atom. The van der Waals surface area contributed by atoms with E-state index in [1.807, 2.05) is 0 Å². The Hall–Kier alpha value is -1.60. The third kappa shape index (κ3) is 4.23. The van der Waals surface area contributed by atoms with Gasteiger partial charge in [-0.2, -0.15) is 0 Å². The Labute approximate surface area is 222 Å². The fourth-order valence-electron chi connectivity index (χ4n) is 10.1. The van der Waals surface area contributed by atoms with Gasteiger partial charge in [-0.25, -0.2) is 9.59 Å². The van der Waals surface area contributed by atoms with Crippen LogP contribution in [0.5, 0.6) is 0 Å². The van der Waals surface area contributed by atoms with E-state index in [4.69, 9.17) is 4.74 Å². The zero-order valence-electron chi connectivity index (χ0n) is 22.9. The van der Waals surface area contributed by atoms with Crippen LogP contribution in [-0.4, -0.2) is 66.4 Å².